The molecule has 0 unspecified atom stereocenters. The van der Waals surface area contributed by atoms with Crippen LogP contribution in [0.4, 0.5) is 11.4 Å². The number of nitrogen functional groups attached to an aromatic ring is 1. The fourth-order valence-corrected chi connectivity index (χ4v) is 3.80. The molecule has 0 spiro atoms. The van der Waals surface area contributed by atoms with Crippen LogP contribution in [-0.4, -0.2) is 68.3 Å². The molecule has 5 heteroatoms. The van der Waals surface area contributed by atoms with Gasteiger partial charge in [-0.1, -0.05) is 0 Å². The van der Waals surface area contributed by atoms with Gasteiger partial charge in [0.25, 0.3) is 0 Å². The summed E-state index contributed by atoms with van der Waals surface area (Å²) in [4.78, 5) is 7.57. The van der Waals surface area contributed by atoms with Crippen molar-refractivity contribution in [1.82, 2.24) is 9.80 Å². The predicted octanol–water partition coefficient (Wildman–Crippen LogP) is 2.27. The number of ether oxygens (including phenoxy) is 1. The summed E-state index contributed by atoms with van der Waals surface area (Å²) in [6.07, 6.45) is 2.62. The van der Waals surface area contributed by atoms with E-state index >= 15 is 0 Å². The number of likely N-dealkylation sites (N-methyl/N-ethyl adjacent to an activating group) is 1. The third-order valence-electron chi connectivity index (χ3n) is 5.21. The highest BCUT2D eigenvalue weighted by Crippen LogP contribution is 2.33. The van der Waals surface area contributed by atoms with Gasteiger partial charge in [0.05, 0.1) is 11.8 Å². The largest absolute Gasteiger partial charge is 0.489 e. The van der Waals surface area contributed by atoms with E-state index in [9.17, 15) is 0 Å². The number of hydrogen-bond donors (Lipinski definition) is 1. The lowest BCUT2D eigenvalue weighted by Gasteiger charge is -2.42. The van der Waals surface area contributed by atoms with Crippen LogP contribution < -0.4 is 15.4 Å². The maximum Gasteiger partial charge on any atom is 0.145 e. The lowest BCUT2D eigenvalue weighted by atomic mass is 10.0. The van der Waals surface area contributed by atoms with Crippen molar-refractivity contribution in [3.8, 4) is 5.75 Å². The second-order valence-electron chi connectivity index (χ2n) is 7.45. The van der Waals surface area contributed by atoms with Gasteiger partial charge in [0.15, 0.2) is 0 Å². The standard InChI is InChI=1S/C19H32N4O/c1-15(2)24-19-14-16(20)4-5-18(19)23-8-6-17(7-9-23)22-12-10-21(3)11-13-22/h4-5,14-15,17H,6-13,20H2,1-3H3. The lowest BCUT2D eigenvalue weighted by Crippen LogP contribution is -2.52. The number of benzene rings is 1. The third-order valence-corrected chi connectivity index (χ3v) is 5.21. The zero-order valence-electron chi connectivity index (χ0n) is 15.4. The summed E-state index contributed by atoms with van der Waals surface area (Å²) in [5.41, 5.74) is 7.91. The van der Waals surface area contributed by atoms with Gasteiger partial charge in [-0.2, -0.15) is 0 Å². The summed E-state index contributed by atoms with van der Waals surface area (Å²) in [5.74, 6) is 0.919. The van der Waals surface area contributed by atoms with E-state index in [2.05, 4.69) is 41.7 Å². The first-order valence-electron chi connectivity index (χ1n) is 9.26. The topological polar surface area (TPSA) is 45.0 Å². The summed E-state index contributed by atoms with van der Waals surface area (Å²) in [6.45, 7) is 11.1. The molecule has 3 rings (SSSR count). The van der Waals surface area contributed by atoms with Crippen molar-refractivity contribution in [3.05, 3.63) is 18.2 Å². The summed E-state index contributed by atoms with van der Waals surface area (Å²) in [7, 11) is 2.22. The molecule has 5 nitrogen and oxygen atoms in total. The Morgan fingerprint density at radius 2 is 1.71 bits per heavy atom. The Bertz CT molecular complexity index is 532. The van der Waals surface area contributed by atoms with Crippen LogP contribution in [0, 0.1) is 0 Å². The van der Waals surface area contributed by atoms with Crippen molar-refractivity contribution in [3.63, 3.8) is 0 Å². The lowest BCUT2D eigenvalue weighted by molar-refractivity contribution is 0.0981. The fourth-order valence-electron chi connectivity index (χ4n) is 3.80. The highest BCUT2D eigenvalue weighted by molar-refractivity contribution is 5.64. The first kappa shape index (κ1) is 17.4. The molecular weight excluding hydrogens is 300 g/mol. The van der Waals surface area contributed by atoms with E-state index in [1.54, 1.807) is 0 Å². The number of piperazine rings is 1. The van der Waals surface area contributed by atoms with E-state index < -0.39 is 0 Å². The van der Waals surface area contributed by atoms with Crippen LogP contribution in [0.25, 0.3) is 0 Å². The van der Waals surface area contributed by atoms with Crippen LogP contribution in [-0.2, 0) is 0 Å². The Kier molecular flexibility index (Phi) is 5.51. The Labute approximate surface area is 146 Å². The summed E-state index contributed by atoms with van der Waals surface area (Å²) >= 11 is 0. The van der Waals surface area contributed by atoms with Crippen LogP contribution >= 0.6 is 0 Å². The molecule has 24 heavy (non-hydrogen) atoms. The van der Waals surface area contributed by atoms with E-state index in [1.165, 1.54) is 44.7 Å². The van der Waals surface area contributed by atoms with Crippen LogP contribution in [0.3, 0.4) is 0 Å². The molecular formula is C19H32N4O. The monoisotopic (exact) mass is 332 g/mol. The van der Waals surface area contributed by atoms with E-state index in [0.717, 1.165) is 30.6 Å². The summed E-state index contributed by atoms with van der Waals surface area (Å²) in [5, 5.41) is 0. The van der Waals surface area contributed by atoms with Crippen molar-refractivity contribution in [1.29, 1.82) is 0 Å². The highest BCUT2D eigenvalue weighted by Gasteiger charge is 2.27. The molecule has 0 aromatic heterocycles. The van der Waals surface area contributed by atoms with Crippen molar-refractivity contribution in [2.75, 3.05) is 56.9 Å². The summed E-state index contributed by atoms with van der Waals surface area (Å²) in [6, 6.07) is 6.79. The quantitative estimate of drug-likeness (QED) is 0.857. The molecule has 0 aliphatic carbocycles. The molecule has 0 bridgehead atoms. The second kappa shape index (κ2) is 7.62. The molecule has 1 aromatic carbocycles. The van der Waals surface area contributed by atoms with E-state index in [1.807, 2.05) is 12.1 Å². The van der Waals surface area contributed by atoms with Crippen LogP contribution in [0.5, 0.6) is 5.75 Å². The van der Waals surface area contributed by atoms with Gasteiger partial charge in [-0.3, -0.25) is 4.90 Å². The molecule has 1 aromatic rings. The number of hydrogen-bond acceptors (Lipinski definition) is 5. The molecule has 0 amide bonds. The SMILES string of the molecule is CC(C)Oc1cc(N)ccc1N1CCC(N2CCN(C)CC2)CC1. The van der Waals surface area contributed by atoms with Crippen molar-refractivity contribution in [2.45, 2.75) is 38.8 Å². The minimum Gasteiger partial charge on any atom is -0.489 e. The number of rotatable bonds is 4. The Morgan fingerprint density at radius 3 is 2.33 bits per heavy atom. The predicted molar refractivity (Wildman–Crippen MR) is 101 cm³/mol. The third kappa shape index (κ3) is 4.14. The van der Waals surface area contributed by atoms with Crippen molar-refractivity contribution in [2.24, 2.45) is 0 Å². The second-order valence-corrected chi connectivity index (χ2v) is 7.45. The Hall–Kier alpha value is -1.46. The van der Waals surface area contributed by atoms with Gasteiger partial charge in [-0.25, -0.2) is 0 Å². The van der Waals surface area contributed by atoms with Gasteiger partial charge >= 0.3 is 0 Å². The molecule has 0 saturated carbocycles. The fraction of sp³-hybridized carbons (Fsp3) is 0.684. The average Bonchev–Trinajstić information content (AvgIpc) is 2.55. The number of nitrogens with two attached hydrogens (primary N) is 1. The van der Waals surface area contributed by atoms with Crippen LogP contribution in [0.2, 0.25) is 0 Å². The molecule has 2 saturated heterocycles. The van der Waals surface area contributed by atoms with Gasteiger partial charge in [0.2, 0.25) is 0 Å². The van der Waals surface area contributed by atoms with Gasteiger partial charge in [-0.15, -0.1) is 0 Å². The van der Waals surface area contributed by atoms with E-state index in [4.69, 9.17) is 10.5 Å². The van der Waals surface area contributed by atoms with Crippen molar-refractivity contribution >= 4 is 11.4 Å². The Balaban J connectivity index is 1.62. The molecule has 134 valence electrons. The normalized spacial score (nSPS) is 21.4. The molecule has 2 heterocycles. The van der Waals surface area contributed by atoms with Gasteiger partial charge in [0, 0.05) is 57.1 Å². The van der Waals surface area contributed by atoms with Crippen molar-refractivity contribution < 1.29 is 4.74 Å². The smallest absolute Gasteiger partial charge is 0.145 e. The van der Waals surface area contributed by atoms with Gasteiger partial charge in [-0.05, 0) is 45.9 Å². The molecule has 2 N–H and O–H groups in total. The highest BCUT2D eigenvalue weighted by atomic mass is 16.5. The Morgan fingerprint density at radius 1 is 1.04 bits per heavy atom. The minimum atomic E-state index is 0.161. The van der Waals surface area contributed by atoms with Gasteiger partial charge in [0.1, 0.15) is 5.75 Å². The average molecular weight is 332 g/mol. The molecule has 2 aliphatic rings. The molecule has 0 radical (unpaired) electrons. The minimum absolute atomic E-state index is 0.161. The number of nitrogens with zero attached hydrogens (tertiary/aromatic N) is 3. The van der Waals surface area contributed by atoms with Crippen LogP contribution in [0.15, 0.2) is 18.2 Å². The first-order valence-corrected chi connectivity index (χ1v) is 9.26. The van der Waals surface area contributed by atoms with Gasteiger partial charge < -0.3 is 20.3 Å². The number of anilines is 2. The molecule has 2 fully saturated rings. The maximum absolute atomic E-state index is 6.00. The zero-order chi connectivity index (χ0) is 17.1. The zero-order valence-corrected chi connectivity index (χ0v) is 15.4. The van der Waals surface area contributed by atoms with E-state index in [0.29, 0.717) is 0 Å². The first-order chi connectivity index (χ1) is 11.5. The number of piperidine rings is 1. The summed E-state index contributed by atoms with van der Waals surface area (Å²) < 4.78 is 6.00. The molecule has 2 aliphatic heterocycles. The van der Waals surface area contributed by atoms with Crippen LogP contribution in [0.1, 0.15) is 26.7 Å². The molecule has 0 atom stereocenters. The maximum atomic E-state index is 6.00. The van der Waals surface area contributed by atoms with E-state index in [-0.39, 0.29) is 6.10 Å².